The molecule has 19 nitrogen and oxygen atoms in total. The number of esters is 1. The molecule has 0 radical (unpaired) electrons. The predicted molar refractivity (Wildman–Crippen MR) is 307 cm³/mol. The number of Topliss-reactive ketones (excluding diaryl/α,β-unsaturated/α-hetero) is 3. The first kappa shape index (κ1) is 67.5. The molecule has 20 heteroatoms. The summed E-state index contributed by atoms with van der Waals surface area (Å²) in [6.45, 7) is 12.7. The smallest absolute Gasteiger partial charge is 0.329 e. The lowest BCUT2D eigenvalue weighted by atomic mass is 9.78. The van der Waals surface area contributed by atoms with Crippen LogP contribution >= 0.6 is 11.8 Å². The molecule has 0 aromatic carbocycles. The summed E-state index contributed by atoms with van der Waals surface area (Å²) in [6, 6.07) is -0.700. The van der Waals surface area contributed by atoms with E-state index in [0.29, 0.717) is 68.6 Å². The Kier molecular flexibility index (Phi) is 26.8. The number of hydrogen-bond donors (Lipinski definition) is 6. The molecule has 4 saturated heterocycles. The van der Waals surface area contributed by atoms with Crippen LogP contribution in [0.25, 0.3) is 0 Å². The van der Waals surface area contributed by atoms with Crippen molar-refractivity contribution in [1.29, 1.82) is 0 Å². The minimum Gasteiger partial charge on any atom is -0.481 e. The predicted octanol–water partition coefficient (Wildman–Crippen LogP) is 6.98. The number of methoxy groups -OCH3 is 3. The molecule has 0 aromatic heterocycles. The number of cyclic esters (lactones) is 1. The van der Waals surface area contributed by atoms with Crippen LogP contribution < -0.4 is 10.6 Å². The molecule has 6 aliphatic rings. The number of carboxylic acids is 1. The number of aliphatic hydroxyl groups excluding tert-OH is 2. The number of aliphatic carboxylic acids is 1. The Bertz CT molecular complexity index is 2270. The number of unbranched alkanes of at least 4 members (excludes halogenated alkanes) is 1. The highest BCUT2D eigenvalue weighted by atomic mass is 32.2. The van der Waals surface area contributed by atoms with E-state index in [1.165, 1.54) is 12.0 Å². The van der Waals surface area contributed by atoms with E-state index in [-0.39, 0.29) is 79.3 Å². The third-order valence-electron chi connectivity index (χ3n) is 17.5. The van der Waals surface area contributed by atoms with Crippen molar-refractivity contribution in [3.8, 4) is 0 Å². The zero-order valence-electron chi connectivity index (χ0n) is 49.6. The van der Waals surface area contributed by atoms with Crippen LogP contribution in [-0.4, -0.2) is 172 Å². The molecule has 1 saturated carbocycles. The molecular formula is C61H95N3O16S. The topological polar surface area (TPSA) is 274 Å². The van der Waals surface area contributed by atoms with Crippen LogP contribution in [0.2, 0.25) is 0 Å². The van der Waals surface area contributed by atoms with E-state index in [1.54, 1.807) is 41.1 Å². The molecule has 5 aliphatic heterocycles. The number of piperidine rings is 1. The molecule has 6 N–H and O–H groups in total. The van der Waals surface area contributed by atoms with Crippen LogP contribution in [0.15, 0.2) is 47.6 Å². The fourth-order valence-electron chi connectivity index (χ4n) is 12.4. The number of ketones is 3. The van der Waals surface area contributed by atoms with Crippen molar-refractivity contribution in [2.45, 2.75) is 223 Å². The van der Waals surface area contributed by atoms with Crippen LogP contribution in [0.4, 0.5) is 4.79 Å². The summed E-state index contributed by atoms with van der Waals surface area (Å²) in [5.74, 6) is -7.72. The SMILES string of the molecule is CO[C@H]1C[C@@H]2CC[C@@H](C)[C@@](O)(O2)C(=O)C(=O)N2CCCC[C@H]2C(=O)O[C@H]([C@H](C)C[C@@H]2CC[C@@H](O)[C@H](OC)C2)CC(=O)[C@H](C)/C=C(\C)[C@@H](O)[C@@H](OC)C(=O)[C@H](C)C[C@H](C)/C=C/C=CC=C1C.O=C(O)CCCC[C@@H]1SC[C@@H]2NC(=O)N[C@@H]21. The van der Waals surface area contributed by atoms with E-state index >= 15 is 0 Å². The number of aliphatic hydroxyl groups is 3. The third-order valence-corrected chi connectivity index (χ3v) is 19.1. The second kappa shape index (κ2) is 32.1. The number of rotatable bonds is 11. The van der Waals surface area contributed by atoms with Crippen molar-refractivity contribution in [3.05, 3.63) is 47.6 Å². The second-order valence-corrected chi connectivity index (χ2v) is 25.1. The van der Waals surface area contributed by atoms with E-state index in [2.05, 4.69) is 10.6 Å². The summed E-state index contributed by atoms with van der Waals surface area (Å²) in [4.78, 5) is 93.2. The first-order chi connectivity index (χ1) is 38.4. The minimum absolute atomic E-state index is 0.0193. The van der Waals surface area contributed by atoms with Crippen molar-refractivity contribution in [3.63, 3.8) is 0 Å². The number of hydrogen-bond acceptors (Lipinski definition) is 16. The first-order valence-electron chi connectivity index (χ1n) is 29.5. The first-order valence-corrected chi connectivity index (χ1v) is 30.5. The Morgan fingerprint density at radius 1 is 0.877 bits per heavy atom. The van der Waals surface area contributed by atoms with Gasteiger partial charge in [-0.15, -0.1) is 0 Å². The number of allylic oxidation sites excluding steroid dienone is 6. The maximum absolute atomic E-state index is 14.4. The van der Waals surface area contributed by atoms with Gasteiger partial charge < -0.3 is 59.6 Å². The van der Waals surface area contributed by atoms with Gasteiger partial charge in [-0.1, -0.05) is 77.5 Å². The van der Waals surface area contributed by atoms with Crippen molar-refractivity contribution in [1.82, 2.24) is 15.5 Å². The van der Waals surface area contributed by atoms with Crippen LogP contribution in [0.1, 0.15) is 151 Å². The fourth-order valence-corrected chi connectivity index (χ4v) is 13.9. The molecular weight excluding hydrogens is 1060 g/mol. The number of carbonyl (C=O) groups excluding carboxylic acids is 6. The van der Waals surface area contributed by atoms with Crippen molar-refractivity contribution in [2.24, 2.45) is 35.5 Å². The van der Waals surface area contributed by atoms with Gasteiger partial charge in [-0.2, -0.15) is 11.8 Å². The number of amides is 3. The number of nitrogens with one attached hydrogen (secondary N) is 2. The summed E-state index contributed by atoms with van der Waals surface area (Å²) in [5, 5.41) is 48.6. The van der Waals surface area contributed by atoms with Gasteiger partial charge in [0.1, 0.15) is 30.1 Å². The summed E-state index contributed by atoms with van der Waals surface area (Å²) < 4.78 is 29.4. The molecule has 3 amide bonds. The molecule has 1 aliphatic carbocycles. The van der Waals surface area contributed by atoms with E-state index < -0.39 is 89.8 Å². The van der Waals surface area contributed by atoms with E-state index in [4.69, 9.17) is 28.8 Å². The van der Waals surface area contributed by atoms with Crippen LogP contribution in [0, 0.1) is 35.5 Å². The van der Waals surface area contributed by atoms with Crippen LogP contribution in [0.3, 0.4) is 0 Å². The maximum Gasteiger partial charge on any atom is 0.329 e. The van der Waals surface area contributed by atoms with E-state index in [9.17, 15) is 48.9 Å². The summed E-state index contributed by atoms with van der Waals surface area (Å²) in [5.41, 5.74) is 1.27. The van der Waals surface area contributed by atoms with Crippen molar-refractivity contribution in [2.75, 3.05) is 33.6 Å². The fraction of sp³-hybridized carbons (Fsp3) is 0.754. The van der Waals surface area contributed by atoms with Gasteiger partial charge in [0.25, 0.3) is 11.7 Å². The average Bonchev–Trinajstić information content (AvgIpc) is 4.01. The minimum atomic E-state index is -2.43. The number of fused-ring (bicyclic) bond motifs is 4. The number of thioether (sulfide) groups is 1. The van der Waals surface area contributed by atoms with Crippen molar-refractivity contribution >= 4 is 53.0 Å². The summed E-state index contributed by atoms with van der Waals surface area (Å²) in [7, 11) is 4.52. The van der Waals surface area contributed by atoms with Gasteiger partial charge in [0, 0.05) is 75.9 Å². The molecule has 6 rings (SSSR count). The quantitative estimate of drug-likeness (QED) is 0.0400. The third kappa shape index (κ3) is 18.9. The highest BCUT2D eigenvalue weighted by molar-refractivity contribution is 8.00. The monoisotopic (exact) mass is 1160 g/mol. The number of urea groups is 1. The second-order valence-electron chi connectivity index (χ2n) is 23.9. The highest BCUT2D eigenvalue weighted by Gasteiger charge is 2.53. The maximum atomic E-state index is 14.4. The van der Waals surface area contributed by atoms with Crippen LogP contribution in [-0.2, 0) is 52.5 Å². The summed E-state index contributed by atoms with van der Waals surface area (Å²) >= 11 is 1.87. The molecule has 0 spiro atoms. The Morgan fingerprint density at radius 3 is 2.31 bits per heavy atom. The normalized spacial score (nSPS) is 37.7. The van der Waals surface area contributed by atoms with E-state index in [0.717, 1.165) is 37.0 Å². The lowest BCUT2D eigenvalue weighted by Crippen LogP contribution is -2.61. The molecule has 456 valence electrons. The molecule has 0 aromatic rings. The van der Waals surface area contributed by atoms with Gasteiger partial charge in [-0.25, -0.2) is 9.59 Å². The molecule has 81 heavy (non-hydrogen) atoms. The molecule has 18 atom stereocenters. The highest BCUT2D eigenvalue weighted by Crippen LogP contribution is 2.38. The van der Waals surface area contributed by atoms with Gasteiger partial charge in [0.05, 0.1) is 36.5 Å². The lowest BCUT2D eigenvalue weighted by Gasteiger charge is -2.42. The van der Waals surface area contributed by atoms with E-state index in [1.807, 2.05) is 69.8 Å². The Labute approximate surface area is 484 Å². The summed E-state index contributed by atoms with van der Waals surface area (Å²) in [6.07, 6.45) is 14.1. The van der Waals surface area contributed by atoms with Gasteiger partial charge in [-0.3, -0.25) is 24.0 Å². The molecule has 2 bridgehead atoms. The lowest BCUT2D eigenvalue weighted by molar-refractivity contribution is -0.265. The van der Waals surface area contributed by atoms with Crippen LogP contribution in [0.5, 0.6) is 0 Å². The zero-order chi connectivity index (χ0) is 59.7. The Balaban J connectivity index is 0.000000639. The van der Waals surface area contributed by atoms with Gasteiger partial charge >= 0.3 is 18.0 Å². The number of carboxylic acid groups (broad SMARTS) is 1. The molecule has 0 unspecified atom stereocenters. The number of carbonyl (C=O) groups is 7. The Morgan fingerprint density at radius 2 is 1.62 bits per heavy atom. The molecule has 5 heterocycles. The standard InChI is InChI=1S/C51H79NO13.C10H16N2O3S/c1-30-16-12-11-13-17-31(2)42(61-8)28-38-21-19-36(7)51(60,65-38)48(57)49(58)52-23-15-14-18-39(52)50(59)64-43(33(4)26-37-20-22-40(53)44(27-37)62-9)29-41(54)32(3)25-35(6)46(56)47(63-10)45(55)34(5)24-30;13-8(14)4-2-1-3-7-9-6(5-16-7)11-10(15)12-9/h11-13,16-17,25,30,32-34,36-40,42-44,46-47,53,56,60H,14-15,18-24,26-29H2,1-10H3;6-7,9H,1-5H2,(H,13,14)(H2,11,12,15)/b13-11?,16-12+,31-17?,35-25+;/t30-,32-,33-,34-,36-,37+,38+,39+,40-,42+,43+,44-,46-,47+,51-;6-,7-,9-/m10/s1. The largest absolute Gasteiger partial charge is 0.481 e. The average molecular weight is 1160 g/mol. The van der Waals surface area contributed by atoms with Crippen molar-refractivity contribution < 1.29 is 77.7 Å². The van der Waals surface area contributed by atoms with Gasteiger partial charge in [0.15, 0.2) is 5.78 Å². The number of ether oxygens (including phenoxy) is 5. The Hall–Kier alpha value is -4.28. The zero-order valence-corrected chi connectivity index (χ0v) is 50.4. The number of nitrogens with zero attached hydrogens (tertiary/aromatic N) is 1. The van der Waals surface area contributed by atoms with Gasteiger partial charge in [0.2, 0.25) is 5.79 Å². The molecule has 5 fully saturated rings. The van der Waals surface area contributed by atoms with Gasteiger partial charge in [-0.05, 0) is 120 Å².